The van der Waals surface area contributed by atoms with Crippen LogP contribution in [-0.4, -0.2) is 20.3 Å². The maximum absolute atomic E-state index is 12.9. The third-order valence-electron chi connectivity index (χ3n) is 3.79. The predicted molar refractivity (Wildman–Crippen MR) is 94.2 cm³/mol. The molecule has 130 valence electrons. The van der Waals surface area contributed by atoms with E-state index in [1.54, 1.807) is 23.9 Å². The maximum Gasteiger partial charge on any atom is 0.239 e. The first-order valence-corrected chi connectivity index (χ1v) is 9.69. The van der Waals surface area contributed by atoms with E-state index in [0.717, 1.165) is 33.7 Å². The van der Waals surface area contributed by atoms with Gasteiger partial charge in [0.05, 0.1) is 5.25 Å². The molecular formula is C16H16FN5OS2. The highest BCUT2D eigenvalue weighted by Crippen LogP contribution is 2.41. The molecule has 0 radical (unpaired) electrons. The van der Waals surface area contributed by atoms with Crippen LogP contribution in [0, 0.1) is 5.82 Å². The van der Waals surface area contributed by atoms with E-state index < -0.39 is 0 Å². The largest absolute Gasteiger partial charge is 0.356 e. The van der Waals surface area contributed by atoms with Gasteiger partial charge in [-0.3, -0.25) is 0 Å². The fourth-order valence-electron chi connectivity index (χ4n) is 2.23. The number of halogens is 1. The summed E-state index contributed by atoms with van der Waals surface area (Å²) in [6, 6.07) is 6.38. The molecule has 1 aliphatic rings. The summed E-state index contributed by atoms with van der Waals surface area (Å²) in [5, 5.41) is 16.3. The molecular weight excluding hydrogens is 361 g/mol. The minimum Gasteiger partial charge on any atom is -0.356 e. The van der Waals surface area contributed by atoms with E-state index in [0.29, 0.717) is 18.4 Å². The number of rotatable bonds is 7. The molecule has 0 spiro atoms. The van der Waals surface area contributed by atoms with E-state index in [9.17, 15) is 4.39 Å². The SMILES string of the molecule is CC(Sc1nnc(NCc2ccc(F)cc2)s1)c1nc(C2CC2)no1. The van der Waals surface area contributed by atoms with Gasteiger partial charge >= 0.3 is 0 Å². The van der Waals surface area contributed by atoms with Gasteiger partial charge in [0.15, 0.2) is 10.2 Å². The van der Waals surface area contributed by atoms with Gasteiger partial charge < -0.3 is 9.84 Å². The van der Waals surface area contributed by atoms with Crippen molar-refractivity contribution in [1.82, 2.24) is 20.3 Å². The van der Waals surface area contributed by atoms with Gasteiger partial charge in [-0.05, 0) is 37.5 Å². The van der Waals surface area contributed by atoms with Gasteiger partial charge in [0, 0.05) is 12.5 Å². The topological polar surface area (TPSA) is 76.7 Å². The molecule has 0 saturated heterocycles. The van der Waals surface area contributed by atoms with Crippen LogP contribution in [0.3, 0.4) is 0 Å². The molecule has 1 fully saturated rings. The average molecular weight is 377 g/mol. The Kier molecular flexibility index (Phi) is 4.67. The minimum absolute atomic E-state index is 0.0258. The molecule has 0 aliphatic heterocycles. The van der Waals surface area contributed by atoms with Crippen molar-refractivity contribution in [3.8, 4) is 0 Å². The highest BCUT2D eigenvalue weighted by molar-refractivity contribution is 8.01. The molecule has 4 rings (SSSR count). The smallest absolute Gasteiger partial charge is 0.239 e. The summed E-state index contributed by atoms with van der Waals surface area (Å²) in [4.78, 5) is 4.47. The zero-order valence-corrected chi connectivity index (χ0v) is 15.1. The van der Waals surface area contributed by atoms with Gasteiger partial charge in [-0.1, -0.05) is 40.4 Å². The van der Waals surface area contributed by atoms with Gasteiger partial charge in [-0.25, -0.2) is 4.39 Å². The molecule has 1 unspecified atom stereocenters. The second-order valence-electron chi connectivity index (χ2n) is 5.88. The molecule has 2 heterocycles. The molecule has 25 heavy (non-hydrogen) atoms. The fraction of sp³-hybridized carbons (Fsp3) is 0.375. The number of anilines is 1. The number of aromatic nitrogens is 4. The Hall–Kier alpha value is -2.00. The van der Waals surface area contributed by atoms with E-state index in [2.05, 4.69) is 25.7 Å². The van der Waals surface area contributed by atoms with Crippen LogP contribution in [0.25, 0.3) is 0 Å². The van der Waals surface area contributed by atoms with Crippen molar-refractivity contribution in [2.24, 2.45) is 0 Å². The average Bonchev–Trinajstić information content (AvgIpc) is 3.17. The first kappa shape index (κ1) is 16.5. The zero-order valence-electron chi connectivity index (χ0n) is 13.5. The number of nitrogens with zero attached hydrogens (tertiary/aromatic N) is 4. The molecule has 1 aliphatic carbocycles. The van der Waals surface area contributed by atoms with E-state index in [4.69, 9.17) is 4.52 Å². The molecule has 1 atom stereocenters. The molecule has 1 aromatic carbocycles. The van der Waals surface area contributed by atoms with Crippen molar-refractivity contribution in [2.45, 2.75) is 41.8 Å². The molecule has 1 N–H and O–H groups in total. The van der Waals surface area contributed by atoms with Crippen LogP contribution >= 0.6 is 23.1 Å². The molecule has 1 saturated carbocycles. The van der Waals surface area contributed by atoms with Crippen LogP contribution in [0.2, 0.25) is 0 Å². The molecule has 2 aromatic heterocycles. The van der Waals surface area contributed by atoms with Crippen molar-refractivity contribution in [3.63, 3.8) is 0 Å². The van der Waals surface area contributed by atoms with Crippen LogP contribution in [0.5, 0.6) is 0 Å². The Bertz CT molecular complexity index is 846. The van der Waals surface area contributed by atoms with Crippen molar-refractivity contribution in [2.75, 3.05) is 5.32 Å². The minimum atomic E-state index is -0.238. The fourth-order valence-corrected chi connectivity index (χ4v) is 4.15. The molecule has 9 heteroatoms. The summed E-state index contributed by atoms with van der Waals surface area (Å²) in [6.07, 6.45) is 2.31. The first-order valence-electron chi connectivity index (χ1n) is 7.99. The Labute approximate surface area is 152 Å². The number of benzene rings is 1. The lowest BCUT2D eigenvalue weighted by Crippen LogP contribution is -1.98. The highest BCUT2D eigenvalue weighted by Gasteiger charge is 2.30. The van der Waals surface area contributed by atoms with Crippen LogP contribution in [-0.2, 0) is 6.54 Å². The van der Waals surface area contributed by atoms with E-state index in [1.807, 2.05) is 6.92 Å². The lowest BCUT2D eigenvalue weighted by molar-refractivity contribution is 0.375. The van der Waals surface area contributed by atoms with E-state index in [1.165, 1.54) is 23.5 Å². The van der Waals surface area contributed by atoms with E-state index in [-0.39, 0.29) is 11.1 Å². The summed E-state index contributed by atoms with van der Waals surface area (Å²) in [5.41, 5.74) is 0.984. The summed E-state index contributed by atoms with van der Waals surface area (Å²) < 4.78 is 19.1. The van der Waals surface area contributed by atoms with Crippen molar-refractivity contribution < 1.29 is 8.91 Å². The Morgan fingerprint density at radius 2 is 2.12 bits per heavy atom. The van der Waals surface area contributed by atoms with E-state index >= 15 is 0 Å². The zero-order chi connectivity index (χ0) is 17.2. The van der Waals surface area contributed by atoms with Gasteiger partial charge in [0.1, 0.15) is 5.82 Å². The molecule has 0 bridgehead atoms. The van der Waals surface area contributed by atoms with Gasteiger partial charge in [0.25, 0.3) is 0 Å². The first-order chi connectivity index (χ1) is 12.2. The quantitative estimate of drug-likeness (QED) is 0.611. The predicted octanol–water partition coefficient (Wildman–Crippen LogP) is 4.40. The number of nitrogens with one attached hydrogen (secondary N) is 1. The third kappa shape index (κ3) is 4.16. The van der Waals surface area contributed by atoms with Crippen molar-refractivity contribution >= 4 is 28.2 Å². The lowest BCUT2D eigenvalue weighted by atomic mass is 10.2. The van der Waals surface area contributed by atoms with Crippen LogP contribution in [0.1, 0.15) is 48.2 Å². The number of hydrogen-bond donors (Lipinski definition) is 1. The molecule has 3 aromatic rings. The molecule has 0 amide bonds. The third-order valence-corrected chi connectivity index (χ3v) is 5.84. The second kappa shape index (κ2) is 7.09. The summed E-state index contributed by atoms with van der Waals surface area (Å²) in [7, 11) is 0. The monoisotopic (exact) mass is 377 g/mol. The Morgan fingerprint density at radius 1 is 1.32 bits per heavy atom. The second-order valence-corrected chi connectivity index (χ2v) is 8.44. The number of thioether (sulfide) groups is 1. The highest BCUT2D eigenvalue weighted by atomic mass is 32.2. The Morgan fingerprint density at radius 3 is 2.88 bits per heavy atom. The summed E-state index contributed by atoms with van der Waals surface area (Å²) >= 11 is 3.02. The van der Waals surface area contributed by atoms with Crippen molar-refractivity contribution in [1.29, 1.82) is 0 Å². The van der Waals surface area contributed by atoms with Crippen LogP contribution in [0.4, 0.5) is 9.52 Å². The van der Waals surface area contributed by atoms with Gasteiger partial charge in [0.2, 0.25) is 11.0 Å². The normalized spacial score (nSPS) is 15.3. The Balaban J connectivity index is 1.33. The molecule has 6 nitrogen and oxygen atoms in total. The lowest BCUT2D eigenvalue weighted by Gasteiger charge is -2.02. The van der Waals surface area contributed by atoms with Crippen LogP contribution < -0.4 is 5.32 Å². The van der Waals surface area contributed by atoms with Crippen LogP contribution in [0.15, 0.2) is 33.1 Å². The summed E-state index contributed by atoms with van der Waals surface area (Å²) in [5.74, 6) is 1.70. The van der Waals surface area contributed by atoms with Crippen molar-refractivity contribution in [3.05, 3.63) is 47.4 Å². The standard InChI is InChI=1S/C16H16FN5OS2/c1-9(14-19-13(22-23-14)11-4-5-11)24-16-21-20-15(25-16)18-8-10-2-6-12(17)7-3-10/h2-3,6-7,9,11H,4-5,8H2,1H3,(H,18,20). The van der Waals surface area contributed by atoms with Gasteiger partial charge in [-0.2, -0.15) is 4.98 Å². The van der Waals surface area contributed by atoms with Gasteiger partial charge in [-0.15, -0.1) is 10.2 Å². The summed E-state index contributed by atoms with van der Waals surface area (Å²) in [6.45, 7) is 2.59. The number of hydrogen-bond acceptors (Lipinski definition) is 8. The maximum atomic E-state index is 12.9.